The summed E-state index contributed by atoms with van der Waals surface area (Å²) in [6, 6.07) is 0. The van der Waals surface area contributed by atoms with Gasteiger partial charge in [-0.25, -0.2) is 0 Å². The van der Waals surface area contributed by atoms with Gasteiger partial charge in [0.1, 0.15) is 0 Å². The fraction of sp³-hybridized carbons (Fsp3) is 1.00. The molecule has 3 heteroatoms. The predicted octanol–water partition coefficient (Wildman–Crippen LogP) is -0.00980. The lowest BCUT2D eigenvalue weighted by molar-refractivity contribution is 0.208. The van der Waals surface area contributed by atoms with Crippen molar-refractivity contribution in [3.63, 3.8) is 0 Å². The van der Waals surface area contributed by atoms with Crippen molar-refractivity contribution < 1.29 is 0 Å². The van der Waals surface area contributed by atoms with Gasteiger partial charge in [-0.3, -0.25) is 0 Å². The number of hydrogen-bond acceptors (Lipinski definition) is 2. The third-order valence-electron chi connectivity index (χ3n) is 1.79. The van der Waals surface area contributed by atoms with E-state index in [0.29, 0.717) is 0 Å². The normalized spacial score (nSPS) is 24.7. The van der Waals surface area contributed by atoms with Crippen LogP contribution in [-0.4, -0.2) is 38.7 Å². The smallest absolute Gasteiger partial charge is 0.174 e. The first kappa shape index (κ1) is 7.25. The van der Waals surface area contributed by atoms with E-state index in [2.05, 4.69) is 23.0 Å². The third kappa shape index (κ3) is 1.78. The van der Waals surface area contributed by atoms with Gasteiger partial charge in [-0.15, -0.1) is 0 Å². The van der Waals surface area contributed by atoms with Crippen molar-refractivity contribution in [3.8, 4) is 0 Å². The maximum absolute atomic E-state index is 2.60. The summed E-state index contributed by atoms with van der Waals surface area (Å²) in [6.07, 6.45) is 1.32. The zero-order chi connectivity index (χ0) is 6.69. The molecule has 0 amide bonds. The van der Waals surface area contributed by atoms with E-state index in [9.17, 15) is 0 Å². The second-order valence-corrected chi connectivity index (χ2v) is 4.74. The zero-order valence-corrected chi connectivity index (χ0v) is 7.84. The van der Waals surface area contributed by atoms with Crippen molar-refractivity contribution in [2.24, 2.45) is 0 Å². The molecule has 1 aliphatic rings. The molecule has 1 rings (SSSR count). The molecule has 54 valence electrons. The van der Waals surface area contributed by atoms with Gasteiger partial charge < -0.3 is 9.13 Å². The number of hydrogen-bond donors (Lipinski definition) is 0. The Kier molecular flexibility index (Phi) is 2.69. The molecule has 0 bridgehead atoms. The van der Waals surface area contributed by atoms with Gasteiger partial charge in [-0.05, 0) is 19.5 Å². The van der Waals surface area contributed by atoms with Crippen LogP contribution in [0.4, 0.5) is 0 Å². The summed E-state index contributed by atoms with van der Waals surface area (Å²) in [7, 11) is 0.0886. The van der Waals surface area contributed by atoms with E-state index in [1.165, 1.54) is 26.2 Å². The van der Waals surface area contributed by atoms with Crippen LogP contribution in [0.5, 0.6) is 0 Å². The van der Waals surface area contributed by atoms with Crippen molar-refractivity contribution >= 4 is 9.84 Å². The van der Waals surface area contributed by atoms with E-state index in [-0.39, 0.29) is 9.84 Å². The Morgan fingerprint density at radius 2 is 2.00 bits per heavy atom. The van der Waals surface area contributed by atoms with E-state index >= 15 is 0 Å². The Bertz CT molecular complexity index is 81.1. The summed E-state index contributed by atoms with van der Waals surface area (Å²) >= 11 is 0. The molecular weight excluding hydrogens is 128 g/mol. The zero-order valence-electron chi connectivity index (χ0n) is 6.43. The summed E-state index contributed by atoms with van der Waals surface area (Å²) in [5.41, 5.74) is 0. The number of nitrogens with zero attached hydrogens (tertiary/aromatic N) is 2. The SMILES string of the molecule is CCCN1CN(CC)[SiH2]1. The van der Waals surface area contributed by atoms with Crippen molar-refractivity contribution in [2.45, 2.75) is 20.3 Å². The molecule has 0 spiro atoms. The van der Waals surface area contributed by atoms with E-state index in [4.69, 9.17) is 0 Å². The van der Waals surface area contributed by atoms with Crippen LogP contribution in [0.2, 0.25) is 0 Å². The first-order valence-electron chi connectivity index (χ1n) is 3.81. The van der Waals surface area contributed by atoms with Gasteiger partial charge in [0.05, 0.1) is 0 Å². The molecule has 0 aromatic carbocycles. The minimum Gasteiger partial charge on any atom is -0.305 e. The summed E-state index contributed by atoms with van der Waals surface area (Å²) in [6.45, 7) is 8.37. The van der Waals surface area contributed by atoms with Crippen LogP contribution in [0.3, 0.4) is 0 Å². The molecule has 0 aromatic rings. The molecule has 1 saturated heterocycles. The fourth-order valence-corrected chi connectivity index (χ4v) is 2.75. The third-order valence-corrected chi connectivity index (χ3v) is 3.75. The van der Waals surface area contributed by atoms with Crippen LogP contribution in [0.25, 0.3) is 0 Å². The van der Waals surface area contributed by atoms with Crippen molar-refractivity contribution in [3.05, 3.63) is 0 Å². The molecule has 0 aliphatic carbocycles. The van der Waals surface area contributed by atoms with Crippen LogP contribution < -0.4 is 0 Å². The minimum atomic E-state index is 0.0886. The predicted molar refractivity (Wildman–Crippen MR) is 42.8 cm³/mol. The number of rotatable bonds is 3. The van der Waals surface area contributed by atoms with E-state index in [1.807, 2.05) is 0 Å². The highest BCUT2D eigenvalue weighted by Gasteiger charge is 2.20. The lowest BCUT2D eigenvalue weighted by atomic mass is 10.5. The van der Waals surface area contributed by atoms with Gasteiger partial charge in [0.15, 0.2) is 9.84 Å². The highest BCUT2D eigenvalue weighted by atomic mass is 28.2. The first-order valence-corrected chi connectivity index (χ1v) is 5.08. The van der Waals surface area contributed by atoms with E-state index in [0.717, 1.165) is 0 Å². The molecule has 1 fully saturated rings. The molecule has 0 N–H and O–H groups in total. The average Bonchev–Trinajstić information content (AvgIpc) is 1.77. The molecule has 9 heavy (non-hydrogen) atoms. The van der Waals surface area contributed by atoms with E-state index in [1.54, 1.807) is 0 Å². The Morgan fingerprint density at radius 1 is 1.33 bits per heavy atom. The van der Waals surface area contributed by atoms with Gasteiger partial charge in [0, 0.05) is 6.67 Å². The molecule has 0 radical (unpaired) electrons. The lowest BCUT2D eigenvalue weighted by Gasteiger charge is -2.41. The largest absolute Gasteiger partial charge is 0.305 e. The topological polar surface area (TPSA) is 6.48 Å². The van der Waals surface area contributed by atoms with Crippen LogP contribution in [0.1, 0.15) is 20.3 Å². The Balaban J connectivity index is 1.98. The molecule has 1 heterocycles. The highest BCUT2D eigenvalue weighted by molar-refractivity contribution is 6.31. The second-order valence-electron chi connectivity index (χ2n) is 2.66. The van der Waals surface area contributed by atoms with Gasteiger partial charge >= 0.3 is 0 Å². The summed E-state index contributed by atoms with van der Waals surface area (Å²) in [5.74, 6) is 0. The lowest BCUT2D eigenvalue weighted by Crippen LogP contribution is -2.58. The quantitative estimate of drug-likeness (QED) is 0.514. The van der Waals surface area contributed by atoms with Crippen LogP contribution >= 0.6 is 0 Å². The van der Waals surface area contributed by atoms with Crippen LogP contribution in [-0.2, 0) is 0 Å². The summed E-state index contributed by atoms with van der Waals surface area (Å²) < 4.78 is 5.17. The van der Waals surface area contributed by atoms with Gasteiger partial charge in [-0.1, -0.05) is 13.8 Å². The van der Waals surface area contributed by atoms with Crippen molar-refractivity contribution in [1.29, 1.82) is 0 Å². The Hall–Kier alpha value is 0.137. The summed E-state index contributed by atoms with van der Waals surface area (Å²) in [4.78, 5) is 0. The molecule has 2 nitrogen and oxygen atoms in total. The fourth-order valence-electron chi connectivity index (χ4n) is 1.18. The second kappa shape index (κ2) is 3.34. The highest BCUT2D eigenvalue weighted by Crippen LogP contribution is 2.04. The summed E-state index contributed by atoms with van der Waals surface area (Å²) in [5, 5.41) is 0. The van der Waals surface area contributed by atoms with Crippen LogP contribution in [0.15, 0.2) is 0 Å². The maximum Gasteiger partial charge on any atom is 0.174 e. The van der Waals surface area contributed by atoms with Gasteiger partial charge in [0.2, 0.25) is 0 Å². The monoisotopic (exact) mass is 144 g/mol. The van der Waals surface area contributed by atoms with Crippen LogP contribution in [0, 0.1) is 0 Å². The molecule has 0 unspecified atom stereocenters. The van der Waals surface area contributed by atoms with Gasteiger partial charge in [0.25, 0.3) is 0 Å². The maximum atomic E-state index is 2.60. The molecule has 0 atom stereocenters. The van der Waals surface area contributed by atoms with Gasteiger partial charge in [-0.2, -0.15) is 0 Å². The molecular formula is C6H16N2Si. The first-order chi connectivity index (χ1) is 4.36. The Labute approximate surface area is 59.8 Å². The van der Waals surface area contributed by atoms with Crippen molar-refractivity contribution in [2.75, 3.05) is 19.8 Å². The molecule has 1 aliphatic heterocycles. The average molecular weight is 144 g/mol. The standard InChI is InChI=1S/C6H16N2Si/c1-3-5-8-6-7(4-2)9-8/h3-6,9H2,1-2H3. The Morgan fingerprint density at radius 3 is 2.44 bits per heavy atom. The van der Waals surface area contributed by atoms with Crippen molar-refractivity contribution in [1.82, 2.24) is 9.13 Å². The minimum absolute atomic E-state index is 0.0886. The van der Waals surface area contributed by atoms with E-state index < -0.39 is 0 Å². The molecule has 0 saturated carbocycles. The molecule has 0 aromatic heterocycles.